The average Bonchev–Trinajstić information content (AvgIpc) is 2.94. The van der Waals surface area contributed by atoms with Gasteiger partial charge in [0.2, 0.25) is 5.91 Å². The molecule has 1 heterocycles. The van der Waals surface area contributed by atoms with E-state index in [4.69, 9.17) is 0 Å². The van der Waals surface area contributed by atoms with Crippen molar-refractivity contribution in [3.8, 4) is 0 Å². The molecule has 2 aliphatic carbocycles. The third kappa shape index (κ3) is 2.39. The lowest BCUT2D eigenvalue weighted by atomic mass is 10.0. The molecule has 3 aliphatic rings. The van der Waals surface area contributed by atoms with Gasteiger partial charge in [-0.25, -0.2) is 0 Å². The van der Waals surface area contributed by atoms with Gasteiger partial charge in [0, 0.05) is 12.5 Å². The maximum Gasteiger partial charge on any atom is 0.223 e. The number of carbonyl (C=O) groups is 1. The number of hydrogen-bond donors (Lipinski definition) is 1. The molecule has 0 aromatic rings. The fraction of sp³-hybridized carbons (Fsp3) is 0.923. The Morgan fingerprint density at radius 1 is 1.12 bits per heavy atom. The fourth-order valence-electron chi connectivity index (χ4n) is 3.27. The van der Waals surface area contributed by atoms with Crippen LogP contribution in [0.1, 0.15) is 32.1 Å². The van der Waals surface area contributed by atoms with E-state index >= 15 is 0 Å². The van der Waals surface area contributed by atoms with E-state index in [1.807, 2.05) is 0 Å². The highest BCUT2D eigenvalue weighted by molar-refractivity contribution is 7.99. The predicted molar refractivity (Wildman–Crippen MR) is 67.4 cm³/mol. The minimum Gasteiger partial charge on any atom is -0.356 e. The molecule has 2 nitrogen and oxygen atoms in total. The summed E-state index contributed by atoms with van der Waals surface area (Å²) in [5, 5.41) is 3.19. The zero-order chi connectivity index (χ0) is 11.0. The molecule has 2 unspecified atom stereocenters. The zero-order valence-corrected chi connectivity index (χ0v) is 10.6. The quantitative estimate of drug-likeness (QED) is 0.819. The third-order valence-corrected chi connectivity index (χ3v) is 5.57. The number of hydrogen-bond acceptors (Lipinski definition) is 2. The van der Waals surface area contributed by atoms with Crippen molar-refractivity contribution in [3.05, 3.63) is 0 Å². The standard InChI is InChI=1S/C13H21NOS/c15-13(12-6-10-5-11(10)7-12)14-8-9-1-3-16-4-2-9/h9-12H,1-8H2,(H,14,15). The Morgan fingerprint density at radius 3 is 2.50 bits per heavy atom. The van der Waals surface area contributed by atoms with Crippen molar-refractivity contribution >= 4 is 17.7 Å². The highest BCUT2D eigenvalue weighted by atomic mass is 32.2. The Morgan fingerprint density at radius 2 is 1.81 bits per heavy atom. The van der Waals surface area contributed by atoms with Crippen molar-refractivity contribution < 1.29 is 4.79 Å². The van der Waals surface area contributed by atoms with E-state index in [9.17, 15) is 4.79 Å². The summed E-state index contributed by atoms with van der Waals surface area (Å²) < 4.78 is 0. The molecule has 16 heavy (non-hydrogen) atoms. The molecule has 0 bridgehead atoms. The first-order valence-corrected chi connectivity index (χ1v) is 7.84. The number of fused-ring (bicyclic) bond motifs is 1. The normalized spacial score (nSPS) is 38.1. The van der Waals surface area contributed by atoms with Crippen LogP contribution in [0.4, 0.5) is 0 Å². The summed E-state index contributed by atoms with van der Waals surface area (Å²) in [6.07, 6.45) is 6.35. The first-order valence-electron chi connectivity index (χ1n) is 6.68. The van der Waals surface area contributed by atoms with Gasteiger partial charge in [0.25, 0.3) is 0 Å². The van der Waals surface area contributed by atoms with Crippen LogP contribution in [-0.4, -0.2) is 24.0 Å². The van der Waals surface area contributed by atoms with Crippen molar-refractivity contribution in [1.29, 1.82) is 0 Å². The number of rotatable bonds is 3. The number of thioether (sulfide) groups is 1. The molecule has 3 rings (SSSR count). The molecule has 0 aromatic heterocycles. The molecule has 2 saturated carbocycles. The van der Waals surface area contributed by atoms with Crippen LogP contribution in [-0.2, 0) is 4.79 Å². The Hall–Kier alpha value is -0.180. The first kappa shape index (κ1) is 10.9. The van der Waals surface area contributed by atoms with Crippen LogP contribution in [0.15, 0.2) is 0 Å². The monoisotopic (exact) mass is 239 g/mol. The molecule has 1 amide bonds. The van der Waals surface area contributed by atoms with E-state index in [0.29, 0.717) is 11.8 Å². The Labute approximate surface area is 102 Å². The molecule has 90 valence electrons. The molecule has 3 heteroatoms. The van der Waals surface area contributed by atoms with E-state index in [1.165, 1.54) is 43.6 Å². The molecular weight excluding hydrogens is 218 g/mol. The SMILES string of the molecule is O=C(NCC1CCSCC1)C1CC2CC2C1. The van der Waals surface area contributed by atoms with Gasteiger partial charge < -0.3 is 5.32 Å². The number of carbonyl (C=O) groups excluding carboxylic acids is 1. The van der Waals surface area contributed by atoms with Crippen LogP contribution in [0.5, 0.6) is 0 Å². The highest BCUT2D eigenvalue weighted by Gasteiger charge is 2.47. The molecule has 1 aliphatic heterocycles. The Bertz CT molecular complexity index is 265. The molecule has 1 saturated heterocycles. The van der Waals surface area contributed by atoms with E-state index in [0.717, 1.165) is 24.3 Å². The van der Waals surface area contributed by atoms with E-state index in [2.05, 4.69) is 17.1 Å². The molecule has 0 aromatic carbocycles. The number of amides is 1. The van der Waals surface area contributed by atoms with Crippen LogP contribution < -0.4 is 5.32 Å². The molecule has 2 atom stereocenters. The predicted octanol–water partition coefficient (Wildman–Crippen LogP) is 2.29. The van der Waals surface area contributed by atoms with Gasteiger partial charge in [-0.2, -0.15) is 11.8 Å². The lowest BCUT2D eigenvalue weighted by Gasteiger charge is -2.22. The Balaban J connectivity index is 1.39. The summed E-state index contributed by atoms with van der Waals surface area (Å²) in [6, 6.07) is 0. The van der Waals surface area contributed by atoms with Gasteiger partial charge in [-0.3, -0.25) is 4.79 Å². The molecule has 0 spiro atoms. The molecule has 0 radical (unpaired) electrons. The van der Waals surface area contributed by atoms with E-state index in [1.54, 1.807) is 0 Å². The minimum atomic E-state index is 0.352. The fourth-order valence-corrected chi connectivity index (χ4v) is 4.47. The van der Waals surface area contributed by atoms with Crippen molar-refractivity contribution in [3.63, 3.8) is 0 Å². The molecule has 3 fully saturated rings. The van der Waals surface area contributed by atoms with Gasteiger partial charge in [-0.1, -0.05) is 0 Å². The van der Waals surface area contributed by atoms with Crippen LogP contribution in [0, 0.1) is 23.7 Å². The van der Waals surface area contributed by atoms with E-state index in [-0.39, 0.29) is 0 Å². The van der Waals surface area contributed by atoms with Crippen molar-refractivity contribution in [2.24, 2.45) is 23.7 Å². The summed E-state index contributed by atoms with van der Waals surface area (Å²) in [6.45, 7) is 0.936. The second-order valence-electron chi connectivity index (χ2n) is 5.73. The second kappa shape index (κ2) is 4.59. The maximum atomic E-state index is 11.9. The summed E-state index contributed by atoms with van der Waals surface area (Å²) in [5.74, 6) is 5.87. The molecular formula is C13H21NOS. The summed E-state index contributed by atoms with van der Waals surface area (Å²) >= 11 is 2.05. The minimum absolute atomic E-state index is 0.352. The van der Waals surface area contributed by atoms with Crippen LogP contribution >= 0.6 is 11.8 Å². The van der Waals surface area contributed by atoms with Crippen molar-refractivity contribution in [1.82, 2.24) is 5.32 Å². The van der Waals surface area contributed by atoms with Gasteiger partial charge in [-0.15, -0.1) is 0 Å². The van der Waals surface area contributed by atoms with Gasteiger partial charge in [0.15, 0.2) is 0 Å². The van der Waals surface area contributed by atoms with E-state index < -0.39 is 0 Å². The van der Waals surface area contributed by atoms with Crippen LogP contribution in [0.2, 0.25) is 0 Å². The van der Waals surface area contributed by atoms with Crippen molar-refractivity contribution in [2.45, 2.75) is 32.1 Å². The average molecular weight is 239 g/mol. The largest absolute Gasteiger partial charge is 0.356 e. The Kier molecular flexibility index (Phi) is 3.14. The molecule has 1 N–H and O–H groups in total. The van der Waals surface area contributed by atoms with Gasteiger partial charge in [0.05, 0.1) is 0 Å². The van der Waals surface area contributed by atoms with Gasteiger partial charge >= 0.3 is 0 Å². The summed E-state index contributed by atoms with van der Waals surface area (Å²) in [4.78, 5) is 11.9. The summed E-state index contributed by atoms with van der Waals surface area (Å²) in [5.41, 5.74) is 0. The third-order valence-electron chi connectivity index (χ3n) is 4.52. The van der Waals surface area contributed by atoms with Gasteiger partial charge in [-0.05, 0) is 61.4 Å². The number of nitrogens with one attached hydrogen (secondary N) is 1. The van der Waals surface area contributed by atoms with Gasteiger partial charge in [0.1, 0.15) is 0 Å². The topological polar surface area (TPSA) is 29.1 Å². The van der Waals surface area contributed by atoms with Crippen LogP contribution in [0.25, 0.3) is 0 Å². The highest BCUT2D eigenvalue weighted by Crippen LogP contribution is 2.54. The smallest absolute Gasteiger partial charge is 0.223 e. The second-order valence-corrected chi connectivity index (χ2v) is 6.95. The maximum absolute atomic E-state index is 11.9. The van der Waals surface area contributed by atoms with Crippen molar-refractivity contribution in [2.75, 3.05) is 18.1 Å². The lowest BCUT2D eigenvalue weighted by Crippen LogP contribution is -2.35. The zero-order valence-electron chi connectivity index (χ0n) is 9.78. The lowest BCUT2D eigenvalue weighted by molar-refractivity contribution is -0.125. The first-order chi connectivity index (χ1) is 7.83. The summed E-state index contributed by atoms with van der Waals surface area (Å²) in [7, 11) is 0. The van der Waals surface area contributed by atoms with Crippen LogP contribution in [0.3, 0.4) is 0 Å².